The van der Waals surface area contributed by atoms with Crippen LogP contribution in [0.2, 0.25) is 0 Å². The molecule has 2 heterocycles. The van der Waals surface area contributed by atoms with Gasteiger partial charge in [-0.1, -0.05) is 110 Å². The zero-order valence-corrected chi connectivity index (χ0v) is 30.1. The number of rotatable bonds is 11. The predicted molar refractivity (Wildman–Crippen MR) is 195 cm³/mol. The highest BCUT2D eigenvalue weighted by Gasteiger charge is 2.47. The first-order valence-corrected chi connectivity index (χ1v) is 18.0. The van der Waals surface area contributed by atoms with Gasteiger partial charge in [0.05, 0.1) is 18.8 Å². The SMILES string of the molecule is CC1C(CN(C)C(C)c2ccccc2)OC(c2ccc(-c3ccccc3CNC(=O)C3CCCN3C(=O)C(F)(F)F)cc2)OC1c1ccc(CO)cc1. The van der Waals surface area contributed by atoms with Crippen molar-refractivity contribution in [3.05, 3.63) is 131 Å². The second kappa shape index (κ2) is 16.6. The highest BCUT2D eigenvalue weighted by molar-refractivity contribution is 5.90. The molecule has 0 spiro atoms. The summed E-state index contributed by atoms with van der Waals surface area (Å²) in [6, 6.07) is 32.5. The van der Waals surface area contributed by atoms with E-state index in [1.807, 2.05) is 91.0 Å². The Labute approximate surface area is 308 Å². The molecule has 2 N–H and O–H groups in total. The Kier molecular flexibility index (Phi) is 12.0. The lowest BCUT2D eigenvalue weighted by atomic mass is 9.89. The van der Waals surface area contributed by atoms with Gasteiger partial charge in [0.15, 0.2) is 6.29 Å². The molecular weight excluding hydrogens is 683 g/mol. The predicted octanol–water partition coefficient (Wildman–Crippen LogP) is 7.50. The van der Waals surface area contributed by atoms with E-state index in [1.165, 1.54) is 5.56 Å². The molecule has 2 amide bonds. The summed E-state index contributed by atoms with van der Waals surface area (Å²) in [7, 11) is 2.10. The minimum absolute atomic E-state index is 0.0147. The first-order valence-electron chi connectivity index (χ1n) is 18.0. The standard InChI is InChI=1S/C42H46F3N3O5/c1-27-37(25-47(3)28(2)30-10-5-4-6-11-30)52-40(53-38(27)32-17-15-29(26-49)16-18-32)33-21-19-31(20-22-33)35-13-8-7-12-34(35)24-46-39(50)36-14-9-23-48(36)41(51)42(43,44)45/h4-8,10-13,15-22,27-28,36-38,40,49H,9,14,23-26H2,1-3H3,(H,46,50). The van der Waals surface area contributed by atoms with Gasteiger partial charge in [0.1, 0.15) is 6.04 Å². The van der Waals surface area contributed by atoms with Crippen LogP contribution in [0.3, 0.4) is 0 Å². The summed E-state index contributed by atoms with van der Waals surface area (Å²) in [6.45, 7) is 4.94. The number of carbonyl (C=O) groups is 2. The second-order valence-electron chi connectivity index (χ2n) is 14.0. The monoisotopic (exact) mass is 729 g/mol. The van der Waals surface area contributed by atoms with Crippen LogP contribution < -0.4 is 5.32 Å². The highest BCUT2D eigenvalue weighted by atomic mass is 19.4. The Bertz CT molecular complexity index is 1840. The van der Waals surface area contributed by atoms with Crippen molar-refractivity contribution < 1.29 is 37.3 Å². The van der Waals surface area contributed by atoms with Crippen molar-refractivity contribution in [1.29, 1.82) is 0 Å². The Hall–Kier alpha value is -4.55. The average molecular weight is 730 g/mol. The van der Waals surface area contributed by atoms with Gasteiger partial charge in [-0.2, -0.15) is 13.2 Å². The van der Waals surface area contributed by atoms with Crippen molar-refractivity contribution in [2.45, 2.75) is 76.6 Å². The molecule has 0 aliphatic carbocycles. The average Bonchev–Trinajstić information content (AvgIpc) is 3.67. The third kappa shape index (κ3) is 8.81. The van der Waals surface area contributed by atoms with Crippen LogP contribution in [0.5, 0.6) is 0 Å². The number of halogens is 3. The van der Waals surface area contributed by atoms with Crippen LogP contribution >= 0.6 is 0 Å². The maximum atomic E-state index is 13.1. The van der Waals surface area contributed by atoms with Gasteiger partial charge in [-0.05, 0) is 60.2 Å². The van der Waals surface area contributed by atoms with Gasteiger partial charge in [-0.3, -0.25) is 14.5 Å². The molecule has 6 rings (SSSR count). The summed E-state index contributed by atoms with van der Waals surface area (Å²) < 4.78 is 52.8. The molecule has 280 valence electrons. The molecule has 2 aliphatic rings. The van der Waals surface area contributed by atoms with Crippen molar-refractivity contribution in [3.8, 4) is 11.1 Å². The fraction of sp³-hybridized carbons (Fsp3) is 0.381. The summed E-state index contributed by atoms with van der Waals surface area (Å²) in [6.07, 6.45) is -5.61. The van der Waals surface area contributed by atoms with E-state index in [4.69, 9.17) is 9.47 Å². The molecule has 2 fully saturated rings. The van der Waals surface area contributed by atoms with E-state index < -0.39 is 30.3 Å². The fourth-order valence-electron chi connectivity index (χ4n) is 7.28. The minimum Gasteiger partial charge on any atom is -0.392 e. The van der Waals surface area contributed by atoms with E-state index >= 15 is 0 Å². The Morgan fingerprint density at radius 2 is 1.58 bits per heavy atom. The molecule has 8 nitrogen and oxygen atoms in total. The van der Waals surface area contributed by atoms with E-state index in [1.54, 1.807) is 0 Å². The molecule has 6 unspecified atom stereocenters. The number of alkyl halides is 3. The van der Waals surface area contributed by atoms with Gasteiger partial charge in [0.2, 0.25) is 5.91 Å². The number of likely N-dealkylation sites (tertiary alicyclic amines) is 1. The van der Waals surface area contributed by atoms with Gasteiger partial charge >= 0.3 is 12.1 Å². The number of ether oxygens (including phenoxy) is 2. The van der Waals surface area contributed by atoms with E-state index in [2.05, 4.69) is 43.2 Å². The topological polar surface area (TPSA) is 91.3 Å². The molecule has 2 saturated heterocycles. The van der Waals surface area contributed by atoms with Crippen LogP contribution in [-0.4, -0.2) is 65.2 Å². The lowest BCUT2D eigenvalue weighted by Crippen LogP contribution is -2.50. The Balaban J connectivity index is 1.19. The molecule has 6 atom stereocenters. The third-order valence-electron chi connectivity index (χ3n) is 10.6. The van der Waals surface area contributed by atoms with Crippen molar-refractivity contribution in [2.24, 2.45) is 5.92 Å². The molecule has 0 aromatic heterocycles. The summed E-state index contributed by atoms with van der Waals surface area (Å²) in [5, 5.41) is 12.4. The molecule has 0 saturated carbocycles. The van der Waals surface area contributed by atoms with Crippen molar-refractivity contribution >= 4 is 11.8 Å². The fourth-order valence-corrected chi connectivity index (χ4v) is 7.28. The molecule has 4 aromatic carbocycles. The zero-order valence-electron chi connectivity index (χ0n) is 30.1. The number of likely N-dealkylation sites (N-methyl/N-ethyl adjacent to an activating group) is 1. The first-order chi connectivity index (χ1) is 25.4. The van der Waals surface area contributed by atoms with Crippen LogP contribution in [0.4, 0.5) is 13.2 Å². The van der Waals surface area contributed by atoms with Crippen LogP contribution in [0.1, 0.15) is 72.9 Å². The Morgan fingerprint density at radius 1 is 0.925 bits per heavy atom. The molecule has 11 heteroatoms. The van der Waals surface area contributed by atoms with E-state index in [9.17, 15) is 27.9 Å². The van der Waals surface area contributed by atoms with Gasteiger partial charge in [-0.15, -0.1) is 0 Å². The van der Waals surface area contributed by atoms with E-state index in [0.717, 1.165) is 33.4 Å². The van der Waals surface area contributed by atoms with Gasteiger partial charge < -0.3 is 24.8 Å². The number of hydrogen-bond acceptors (Lipinski definition) is 6. The van der Waals surface area contributed by atoms with Crippen molar-refractivity contribution in [3.63, 3.8) is 0 Å². The maximum Gasteiger partial charge on any atom is 0.471 e. The van der Waals surface area contributed by atoms with Crippen LogP contribution in [0.25, 0.3) is 11.1 Å². The first kappa shape index (κ1) is 38.2. The summed E-state index contributed by atoms with van der Waals surface area (Å²) in [4.78, 5) is 27.8. The molecule has 4 aromatic rings. The zero-order chi connectivity index (χ0) is 37.7. The number of nitrogens with one attached hydrogen (secondary N) is 1. The summed E-state index contributed by atoms with van der Waals surface area (Å²) in [5.41, 5.74) is 6.39. The van der Waals surface area contributed by atoms with Gasteiger partial charge in [-0.25, -0.2) is 0 Å². The lowest BCUT2D eigenvalue weighted by molar-refractivity contribution is -0.276. The Morgan fingerprint density at radius 3 is 2.26 bits per heavy atom. The van der Waals surface area contributed by atoms with E-state index in [0.29, 0.717) is 17.9 Å². The number of aliphatic hydroxyl groups is 1. The number of benzene rings is 4. The number of nitrogens with zero attached hydrogens (tertiary/aromatic N) is 2. The molecule has 53 heavy (non-hydrogen) atoms. The number of amides is 2. The molecular formula is C42H46F3N3O5. The van der Waals surface area contributed by atoms with Crippen molar-refractivity contribution in [1.82, 2.24) is 15.1 Å². The third-order valence-corrected chi connectivity index (χ3v) is 10.6. The summed E-state index contributed by atoms with van der Waals surface area (Å²) >= 11 is 0. The highest BCUT2D eigenvalue weighted by Crippen LogP contribution is 2.42. The molecule has 2 aliphatic heterocycles. The number of aliphatic hydroxyl groups excluding tert-OH is 1. The second-order valence-corrected chi connectivity index (χ2v) is 14.0. The van der Waals surface area contributed by atoms with Gasteiger partial charge in [0, 0.05) is 37.2 Å². The van der Waals surface area contributed by atoms with Crippen LogP contribution in [0.15, 0.2) is 103 Å². The number of carbonyl (C=O) groups excluding carboxylic acids is 2. The van der Waals surface area contributed by atoms with Gasteiger partial charge in [0.25, 0.3) is 0 Å². The largest absolute Gasteiger partial charge is 0.471 e. The number of hydrogen-bond donors (Lipinski definition) is 2. The van der Waals surface area contributed by atoms with Crippen LogP contribution in [-0.2, 0) is 32.2 Å². The smallest absolute Gasteiger partial charge is 0.392 e. The van der Waals surface area contributed by atoms with Crippen LogP contribution in [0, 0.1) is 5.92 Å². The normalized spacial score (nSPS) is 22.5. The maximum absolute atomic E-state index is 13.1. The molecule has 0 bridgehead atoms. The van der Waals surface area contributed by atoms with E-state index in [-0.39, 0.29) is 50.3 Å². The quantitative estimate of drug-likeness (QED) is 0.166. The molecule has 0 radical (unpaired) electrons. The lowest BCUT2D eigenvalue weighted by Gasteiger charge is -2.43. The van der Waals surface area contributed by atoms with Crippen molar-refractivity contribution in [2.75, 3.05) is 20.1 Å². The summed E-state index contributed by atoms with van der Waals surface area (Å²) in [5.74, 6) is -2.58. The minimum atomic E-state index is -5.03.